The van der Waals surface area contributed by atoms with Gasteiger partial charge in [-0.05, 0) is 18.2 Å². The van der Waals surface area contributed by atoms with Crippen molar-refractivity contribution in [2.24, 2.45) is 0 Å². The first kappa shape index (κ1) is 17.0. The molecule has 8 nitrogen and oxygen atoms in total. The molecule has 138 valence electrons. The van der Waals surface area contributed by atoms with Gasteiger partial charge in [-0.3, -0.25) is 9.59 Å². The molecular formula is C19H18N4O4. The number of aromatic nitrogens is 2. The first-order valence-corrected chi connectivity index (χ1v) is 8.60. The number of methoxy groups -OCH3 is 1. The Bertz CT molecular complexity index is 1020. The molecular weight excluding hydrogens is 348 g/mol. The second-order valence-corrected chi connectivity index (χ2v) is 6.18. The third kappa shape index (κ3) is 3.33. The van der Waals surface area contributed by atoms with Crippen molar-refractivity contribution in [1.29, 1.82) is 0 Å². The fourth-order valence-electron chi connectivity index (χ4n) is 3.09. The van der Waals surface area contributed by atoms with Crippen LogP contribution in [-0.4, -0.2) is 54.3 Å². The largest absolute Gasteiger partial charge is 0.480 e. The van der Waals surface area contributed by atoms with Crippen LogP contribution in [0, 0.1) is 0 Å². The van der Waals surface area contributed by atoms with E-state index in [2.05, 4.69) is 10.2 Å². The molecule has 0 spiro atoms. The fourth-order valence-corrected chi connectivity index (χ4v) is 3.09. The highest BCUT2D eigenvalue weighted by molar-refractivity contribution is 5.93. The van der Waals surface area contributed by atoms with Gasteiger partial charge in [-0.25, -0.2) is 0 Å². The smallest absolute Gasteiger partial charge is 0.289 e. The molecule has 0 N–H and O–H groups in total. The number of nitrogens with zero attached hydrogens (tertiary/aromatic N) is 4. The lowest BCUT2D eigenvalue weighted by molar-refractivity contribution is 0.0715. The normalized spacial score (nSPS) is 14.4. The van der Waals surface area contributed by atoms with E-state index in [1.165, 1.54) is 6.07 Å². The molecule has 1 aliphatic heterocycles. The second-order valence-electron chi connectivity index (χ2n) is 6.18. The molecule has 1 aromatic carbocycles. The lowest BCUT2D eigenvalue weighted by Crippen LogP contribution is -2.49. The van der Waals surface area contributed by atoms with E-state index in [1.807, 2.05) is 11.0 Å². The van der Waals surface area contributed by atoms with Crippen LogP contribution in [0.5, 0.6) is 5.88 Å². The Hall–Kier alpha value is -3.42. The van der Waals surface area contributed by atoms with E-state index < -0.39 is 0 Å². The van der Waals surface area contributed by atoms with E-state index in [0.717, 1.165) is 5.82 Å². The molecule has 0 bridgehead atoms. The van der Waals surface area contributed by atoms with Crippen LogP contribution in [0.1, 0.15) is 10.6 Å². The van der Waals surface area contributed by atoms with Crippen LogP contribution in [0.3, 0.4) is 0 Å². The summed E-state index contributed by atoms with van der Waals surface area (Å²) in [5.41, 5.74) is 0.202. The quantitative estimate of drug-likeness (QED) is 0.695. The highest BCUT2D eigenvalue weighted by Gasteiger charge is 2.25. The van der Waals surface area contributed by atoms with Crippen LogP contribution in [0.25, 0.3) is 11.0 Å². The fraction of sp³-hybridized carbons (Fsp3) is 0.263. The van der Waals surface area contributed by atoms with E-state index in [1.54, 1.807) is 42.3 Å². The maximum atomic E-state index is 12.8. The minimum absolute atomic E-state index is 0.0661. The van der Waals surface area contributed by atoms with Crippen molar-refractivity contribution in [2.75, 3.05) is 38.2 Å². The molecule has 0 radical (unpaired) electrons. The molecule has 4 rings (SSSR count). The Morgan fingerprint density at radius 3 is 2.56 bits per heavy atom. The lowest BCUT2D eigenvalue weighted by Gasteiger charge is -2.34. The Kier molecular flexibility index (Phi) is 4.45. The van der Waals surface area contributed by atoms with Gasteiger partial charge in [-0.1, -0.05) is 12.1 Å². The van der Waals surface area contributed by atoms with Crippen molar-refractivity contribution in [3.63, 3.8) is 0 Å². The summed E-state index contributed by atoms with van der Waals surface area (Å²) in [5.74, 6) is 0.980. The highest BCUT2D eigenvalue weighted by Crippen LogP contribution is 2.17. The molecule has 0 saturated carbocycles. The molecule has 0 atom stereocenters. The molecule has 3 aromatic rings. The van der Waals surface area contributed by atoms with Crippen molar-refractivity contribution in [2.45, 2.75) is 0 Å². The summed E-state index contributed by atoms with van der Waals surface area (Å²) in [7, 11) is 1.54. The molecule has 1 fully saturated rings. The summed E-state index contributed by atoms with van der Waals surface area (Å²) < 4.78 is 10.7. The maximum Gasteiger partial charge on any atom is 0.289 e. The first-order chi connectivity index (χ1) is 13.2. The van der Waals surface area contributed by atoms with Crippen molar-refractivity contribution in [3.05, 3.63) is 58.4 Å². The monoisotopic (exact) mass is 366 g/mol. The highest BCUT2D eigenvalue weighted by atomic mass is 16.5. The molecule has 0 unspecified atom stereocenters. The third-order valence-electron chi connectivity index (χ3n) is 4.57. The average Bonchev–Trinajstić information content (AvgIpc) is 2.73. The van der Waals surface area contributed by atoms with E-state index >= 15 is 0 Å². The number of anilines is 1. The van der Waals surface area contributed by atoms with Crippen molar-refractivity contribution >= 4 is 22.7 Å². The average molecular weight is 366 g/mol. The zero-order valence-corrected chi connectivity index (χ0v) is 14.8. The molecule has 8 heteroatoms. The van der Waals surface area contributed by atoms with Gasteiger partial charge in [0.05, 0.1) is 12.5 Å². The van der Waals surface area contributed by atoms with Crippen molar-refractivity contribution in [1.82, 2.24) is 15.1 Å². The van der Waals surface area contributed by atoms with Crippen LogP contribution in [0.15, 0.2) is 51.7 Å². The number of carbonyl (C=O) groups excluding carboxylic acids is 1. The molecule has 1 saturated heterocycles. The van der Waals surface area contributed by atoms with Crippen LogP contribution < -0.4 is 15.1 Å². The summed E-state index contributed by atoms with van der Waals surface area (Å²) in [6.07, 6.45) is 0. The predicted octanol–water partition coefficient (Wildman–Crippen LogP) is 1.55. The minimum atomic E-state index is -0.279. The van der Waals surface area contributed by atoms with Gasteiger partial charge in [0.25, 0.3) is 5.91 Å². The number of piperazine rings is 1. The van der Waals surface area contributed by atoms with Crippen LogP contribution in [0.2, 0.25) is 0 Å². The standard InChI is InChI=1S/C19H18N4O4/c1-26-18-7-6-17(20-21-18)22-8-10-23(11-9-22)19(25)16-12-14(24)13-4-2-3-5-15(13)27-16/h2-7,12H,8-11H2,1H3. The van der Waals surface area contributed by atoms with Gasteiger partial charge in [0.15, 0.2) is 17.0 Å². The number of benzene rings is 1. The number of rotatable bonds is 3. The minimum Gasteiger partial charge on any atom is -0.480 e. The van der Waals surface area contributed by atoms with Crippen molar-refractivity contribution < 1.29 is 13.9 Å². The zero-order chi connectivity index (χ0) is 18.8. The number of carbonyl (C=O) groups is 1. The number of amides is 1. The molecule has 1 aliphatic rings. The predicted molar refractivity (Wildman–Crippen MR) is 99.2 cm³/mol. The topological polar surface area (TPSA) is 88.8 Å². The van der Waals surface area contributed by atoms with Gasteiger partial charge in [0.1, 0.15) is 5.58 Å². The van der Waals surface area contributed by atoms with E-state index in [0.29, 0.717) is 43.0 Å². The SMILES string of the molecule is COc1ccc(N2CCN(C(=O)c3cc(=O)c4ccccc4o3)CC2)nn1. The first-order valence-electron chi connectivity index (χ1n) is 8.60. The molecule has 27 heavy (non-hydrogen) atoms. The lowest BCUT2D eigenvalue weighted by atomic mass is 10.2. The summed E-state index contributed by atoms with van der Waals surface area (Å²) in [6.45, 7) is 2.24. The Labute approximate surface area is 155 Å². The summed E-state index contributed by atoms with van der Waals surface area (Å²) >= 11 is 0. The summed E-state index contributed by atoms with van der Waals surface area (Å²) in [4.78, 5) is 28.7. The summed E-state index contributed by atoms with van der Waals surface area (Å²) in [5, 5.41) is 8.57. The van der Waals surface area contributed by atoms with E-state index in [9.17, 15) is 9.59 Å². The Morgan fingerprint density at radius 1 is 1.07 bits per heavy atom. The third-order valence-corrected chi connectivity index (χ3v) is 4.57. The van der Waals surface area contributed by atoms with Crippen molar-refractivity contribution in [3.8, 4) is 5.88 Å². The van der Waals surface area contributed by atoms with Gasteiger partial charge >= 0.3 is 0 Å². The Balaban J connectivity index is 1.47. The summed E-state index contributed by atoms with van der Waals surface area (Å²) in [6, 6.07) is 11.8. The van der Waals surface area contributed by atoms with Gasteiger partial charge in [0, 0.05) is 38.3 Å². The molecule has 3 heterocycles. The van der Waals surface area contributed by atoms with E-state index in [4.69, 9.17) is 9.15 Å². The number of fused-ring (bicyclic) bond motifs is 1. The second kappa shape index (κ2) is 7.06. The Morgan fingerprint density at radius 2 is 1.85 bits per heavy atom. The van der Waals surface area contributed by atoms with Crippen LogP contribution in [-0.2, 0) is 0 Å². The van der Waals surface area contributed by atoms with Gasteiger partial charge in [0.2, 0.25) is 5.88 Å². The van der Waals surface area contributed by atoms with Crippen LogP contribution >= 0.6 is 0 Å². The maximum absolute atomic E-state index is 12.8. The number of hydrogen-bond acceptors (Lipinski definition) is 7. The zero-order valence-electron chi connectivity index (χ0n) is 14.8. The van der Waals surface area contributed by atoms with Gasteiger partial charge in [-0.2, -0.15) is 0 Å². The van der Waals surface area contributed by atoms with Gasteiger partial charge < -0.3 is 19.0 Å². The number of para-hydroxylation sites is 1. The van der Waals surface area contributed by atoms with E-state index in [-0.39, 0.29) is 17.1 Å². The number of ether oxygens (including phenoxy) is 1. The molecule has 1 amide bonds. The molecule has 0 aliphatic carbocycles. The molecule has 2 aromatic heterocycles. The number of hydrogen-bond donors (Lipinski definition) is 0. The van der Waals surface area contributed by atoms with Crippen LogP contribution in [0.4, 0.5) is 5.82 Å². The van der Waals surface area contributed by atoms with Gasteiger partial charge in [-0.15, -0.1) is 10.2 Å².